The lowest BCUT2D eigenvalue weighted by molar-refractivity contribution is -0.117. The molecule has 0 radical (unpaired) electrons. The molecule has 0 aromatic heterocycles. The minimum atomic E-state index is 0.316. The van der Waals surface area contributed by atoms with Crippen LogP contribution in [0, 0.1) is 40.4 Å². The summed E-state index contributed by atoms with van der Waals surface area (Å²) in [5, 5.41) is 0. The van der Waals surface area contributed by atoms with Crippen molar-refractivity contribution in [2.75, 3.05) is 0 Å². The number of unbranched alkanes of at least 4 members (excludes halogenated alkanes) is 1. The largest absolute Gasteiger partial charge is 0.295 e. The zero-order valence-corrected chi connectivity index (χ0v) is 21.1. The van der Waals surface area contributed by atoms with E-state index < -0.39 is 0 Å². The molecule has 0 spiro atoms. The summed E-state index contributed by atoms with van der Waals surface area (Å²) in [5.74, 6) is 4.72. The molecule has 1 heteroatoms. The van der Waals surface area contributed by atoms with Crippen LogP contribution in [0.4, 0.5) is 0 Å². The van der Waals surface area contributed by atoms with Crippen molar-refractivity contribution in [1.82, 2.24) is 0 Å². The van der Waals surface area contributed by atoms with Crippen molar-refractivity contribution in [3.8, 4) is 0 Å². The number of hydrogen-bond acceptors (Lipinski definition) is 1. The summed E-state index contributed by atoms with van der Waals surface area (Å²) in [6, 6.07) is 0. The van der Waals surface area contributed by atoms with Gasteiger partial charge in [0.25, 0.3) is 0 Å². The van der Waals surface area contributed by atoms with Crippen molar-refractivity contribution in [3.63, 3.8) is 0 Å². The van der Waals surface area contributed by atoms with Gasteiger partial charge in [-0.25, -0.2) is 0 Å². The van der Waals surface area contributed by atoms with Crippen molar-refractivity contribution in [3.05, 3.63) is 11.6 Å². The summed E-state index contributed by atoms with van der Waals surface area (Å²) in [5.41, 5.74) is 2.32. The molecule has 0 aromatic rings. The smallest absolute Gasteiger partial charge is 0.155 e. The van der Waals surface area contributed by atoms with E-state index in [0.717, 1.165) is 42.4 Å². The normalized spacial score (nSPS) is 34.3. The van der Waals surface area contributed by atoms with Crippen molar-refractivity contribution < 1.29 is 4.79 Å². The second kappa shape index (κ2) is 9.91. The molecular formula is C29H50O. The fraction of sp³-hybridized carbons (Fsp3) is 0.897. The van der Waals surface area contributed by atoms with Gasteiger partial charge in [0.1, 0.15) is 0 Å². The molecule has 0 bridgehead atoms. The molecule has 0 N–H and O–H groups in total. The molecule has 0 amide bonds. The highest BCUT2D eigenvalue weighted by molar-refractivity contribution is 5.91. The van der Waals surface area contributed by atoms with Crippen LogP contribution in [0.2, 0.25) is 0 Å². The summed E-state index contributed by atoms with van der Waals surface area (Å²) >= 11 is 0. The Bertz CT molecular complexity index is 612. The van der Waals surface area contributed by atoms with Gasteiger partial charge in [0, 0.05) is 6.42 Å². The van der Waals surface area contributed by atoms with Gasteiger partial charge in [0.15, 0.2) is 5.78 Å². The van der Waals surface area contributed by atoms with Gasteiger partial charge in [-0.1, -0.05) is 85.6 Å². The maximum absolute atomic E-state index is 12.0. The van der Waals surface area contributed by atoms with E-state index in [9.17, 15) is 4.79 Å². The molecule has 30 heavy (non-hydrogen) atoms. The molecule has 2 saturated carbocycles. The summed E-state index contributed by atoms with van der Waals surface area (Å²) < 4.78 is 0. The average molecular weight is 415 g/mol. The number of carbonyl (C=O) groups is 1. The maximum Gasteiger partial charge on any atom is 0.155 e. The number of carbonyl (C=O) groups excluding carboxylic acids is 1. The second-order valence-electron chi connectivity index (χ2n) is 12.7. The van der Waals surface area contributed by atoms with Crippen LogP contribution in [-0.4, -0.2) is 5.78 Å². The molecule has 3 aliphatic carbocycles. The monoisotopic (exact) mass is 414 g/mol. The molecule has 0 aliphatic heterocycles. The Morgan fingerprint density at radius 3 is 2.40 bits per heavy atom. The number of hydrogen-bond donors (Lipinski definition) is 0. The lowest BCUT2D eigenvalue weighted by Crippen LogP contribution is -2.50. The van der Waals surface area contributed by atoms with E-state index in [1.807, 2.05) is 0 Å². The lowest BCUT2D eigenvalue weighted by atomic mass is 9.47. The van der Waals surface area contributed by atoms with Gasteiger partial charge in [-0.2, -0.15) is 0 Å². The third-order valence-electron chi connectivity index (χ3n) is 9.60. The number of rotatable bonds is 9. The van der Waals surface area contributed by atoms with E-state index in [-0.39, 0.29) is 0 Å². The summed E-state index contributed by atoms with van der Waals surface area (Å²) in [4.78, 5) is 12.0. The van der Waals surface area contributed by atoms with E-state index in [0.29, 0.717) is 16.6 Å². The summed E-state index contributed by atoms with van der Waals surface area (Å²) in [6.07, 6.45) is 19.1. The molecule has 0 aromatic carbocycles. The maximum atomic E-state index is 12.0. The van der Waals surface area contributed by atoms with E-state index in [1.54, 1.807) is 0 Å². The van der Waals surface area contributed by atoms with Crippen LogP contribution < -0.4 is 0 Å². The minimum absolute atomic E-state index is 0.316. The average Bonchev–Trinajstić information content (AvgIpc) is 2.66. The Kier molecular flexibility index (Phi) is 7.95. The van der Waals surface area contributed by atoms with E-state index in [1.165, 1.54) is 76.2 Å². The molecule has 3 rings (SSSR count). The quantitative estimate of drug-likeness (QED) is 0.344. The van der Waals surface area contributed by atoms with Crippen LogP contribution in [0.15, 0.2) is 11.6 Å². The molecule has 1 nitrogen and oxygen atoms in total. The first-order valence-electron chi connectivity index (χ1n) is 13.4. The van der Waals surface area contributed by atoms with Gasteiger partial charge in [0.05, 0.1) is 0 Å². The fourth-order valence-corrected chi connectivity index (χ4v) is 7.54. The van der Waals surface area contributed by atoms with Crippen LogP contribution in [0.3, 0.4) is 0 Å². The fourth-order valence-electron chi connectivity index (χ4n) is 7.54. The van der Waals surface area contributed by atoms with E-state index >= 15 is 0 Å². The third kappa shape index (κ3) is 5.42. The summed E-state index contributed by atoms with van der Waals surface area (Å²) in [6.45, 7) is 14.8. The van der Waals surface area contributed by atoms with Gasteiger partial charge in [-0.05, 0) is 85.0 Å². The molecule has 172 valence electrons. The van der Waals surface area contributed by atoms with Gasteiger partial charge in [-0.3, -0.25) is 4.79 Å². The van der Waals surface area contributed by atoms with Crippen molar-refractivity contribution >= 4 is 5.78 Å². The second-order valence-corrected chi connectivity index (χ2v) is 12.7. The summed E-state index contributed by atoms with van der Waals surface area (Å²) in [7, 11) is 0. The molecule has 2 fully saturated rings. The van der Waals surface area contributed by atoms with Crippen molar-refractivity contribution in [2.24, 2.45) is 40.4 Å². The first-order valence-corrected chi connectivity index (χ1v) is 13.4. The Balaban J connectivity index is 1.55. The SMILES string of the molecule is CC(C)CCCC(C)CCCCC1C2CCC3=CC(=O)CC[C@]3(C)C2CCC1(C)C. The Hall–Kier alpha value is -0.590. The number of ketones is 1. The van der Waals surface area contributed by atoms with E-state index in [4.69, 9.17) is 0 Å². The predicted molar refractivity (Wildman–Crippen MR) is 129 cm³/mol. The van der Waals surface area contributed by atoms with Crippen LogP contribution in [-0.2, 0) is 4.79 Å². The highest BCUT2D eigenvalue weighted by atomic mass is 16.1. The Labute approximate surface area is 187 Å². The highest BCUT2D eigenvalue weighted by Crippen LogP contribution is 2.62. The Morgan fingerprint density at radius 1 is 0.933 bits per heavy atom. The molecular weight excluding hydrogens is 364 g/mol. The van der Waals surface area contributed by atoms with Gasteiger partial charge >= 0.3 is 0 Å². The highest BCUT2D eigenvalue weighted by Gasteiger charge is 2.53. The first-order chi connectivity index (χ1) is 14.1. The third-order valence-corrected chi connectivity index (χ3v) is 9.60. The van der Waals surface area contributed by atoms with Crippen molar-refractivity contribution in [1.29, 1.82) is 0 Å². The molecule has 5 atom stereocenters. The standard InChI is InChI=1S/C29H50O/c1-21(2)10-9-12-22(3)11-7-8-13-26-25-15-14-23-20-24(30)16-19-29(23,6)27(25)17-18-28(26,4)5/h20-22,25-27H,7-19H2,1-6H3/t22?,25?,26?,27?,29-/m0/s1. The van der Waals surface area contributed by atoms with E-state index in [2.05, 4.69) is 47.6 Å². The first kappa shape index (κ1) is 24.1. The number of fused-ring (bicyclic) bond motifs is 3. The lowest BCUT2D eigenvalue weighted by Gasteiger charge is -2.58. The predicted octanol–water partition coefficient (Wildman–Crippen LogP) is 8.77. The molecule has 0 saturated heterocycles. The molecule has 0 heterocycles. The molecule has 4 unspecified atom stereocenters. The van der Waals surface area contributed by atoms with Crippen molar-refractivity contribution in [2.45, 2.75) is 125 Å². The van der Waals surface area contributed by atoms with Gasteiger partial charge in [0.2, 0.25) is 0 Å². The minimum Gasteiger partial charge on any atom is -0.295 e. The zero-order chi connectivity index (χ0) is 21.9. The van der Waals surface area contributed by atoms with Crippen LogP contribution in [0.1, 0.15) is 125 Å². The Morgan fingerprint density at radius 2 is 1.67 bits per heavy atom. The van der Waals surface area contributed by atoms with Crippen LogP contribution in [0.5, 0.6) is 0 Å². The van der Waals surface area contributed by atoms with Gasteiger partial charge in [-0.15, -0.1) is 0 Å². The molecule has 3 aliphatic rings. The van der Waals surface area contributed by atoms with Crippen LogP contribution >= 0.6 is 0 Å². The number of allylic oxidation sites excluding steroid dienone is 2. The van der Waals surface area contributed by atoms with Gasteiger partial charge < -0.3 is 0 Å². The van der Waals surface area contributed by atoms with Crippen LogP contribution in [0.25, 0.3) is 0 Å². The topological polar surface area (TPSA) is 17.1 Å². The zero-order valence-electron chi connectivity index (χ0n) is 21.1.